The molecule has 18 heavy (non-hydrogen) atoms. The van der Waals surface area contributed by atoms with Gasteiger partial charge in [-0.25, -0.2) is 0 Å². The summed E-state index contributed by atoms with van der Waals surface area (Å²) in [5.74, 6) is -0.977. The van der Waals surface area contributed by atoms with Crippen LogP contribution in [0.4, 0.5) is 5.69 Å². The summed E-state index contributed by atoms with van der Waals surface area (Å²) in [5, 5.41) is 11.3. The van der Waals surface area contributed by atoms with E-state index in [0.717, 1.165) is 18.5 Å². The number of hydrogen-bond acceptors (Lipinski definition) is 2. The summed E-state index contributed by atoms with van der Waals surface area (Å²) in [4.78, 5) is 21.9. The topological polar surface area (TPSA) is 66.4 Å². The second-order valence-corrected chi connectivity index (χ2v) is 4.63. The van der Waals surface area contributed by atoms with Gasteiger partial charge in [-0.2, -0.15) is 0 Å². The summed E-state index contributed by atoms with van der Waals surface area (Å²) in [6.45, 7) is 0. The Balaban J connectivity index is 1.85. The number of rotatable bonds is 5. The highest BCUT2D eigenvalue weighted by Gasteiger charge is 2.11. The van der Waals surface area contributed by atoms with E-state index in [1.54, 1.807) is 0 Å². The maximum atomic E-state index is 11.6. The fraction of sp³-hybridized carbons (Fsp3) is 0.429. The smallest absolute Gasteiger partial charge is 0.303 e. The fourth-order valence-corrected chi connectivity index (χ4v) is 2.27. The van der Waals surface area contributed by atoms with Crippen LogP contribution < -0.4 is 5.32 Å². The summed E-state index contributed by atoms with van der Waals surface area (Å²) >= 11 is 0. The number of amides is 1. The molecule has 0 spiro atoms. The number of carboxylic acid groups (broad SMARTS) is 1. The minimum absolute atomic E-state index is 0.0393. The lowest BCUT2D eigenvalue weighted by Crippen LogP contribution is -2.12. The molecule has 96 valence electrons. The molecule has 1 aromatic carbocycles. The van der Waals surface area contributed by atoms with Gasteiger partial charge in [-0.1, -0.05) is 6.07 Å². The molecule has 0 radical (unpaired) electrons. The van der Waals surface area contributed by atoms with Gasteiger partial charge in [0.05, 0.1) is 0 Å². The first-order valence-electron chi connectivity index (χ1n) is 6.28. The van der Waals surface area contributed by atoms with Crippen LogP contribution in [0.3, 0.4) is 0 Å². The van der Waals surface area contributed by atoms with Gasteiger partial charge < -0.3 is 10.4 Å². The predicted molar refractivity (Wildman–Crippen MR) is 68.6 cm³/mol. The molecule has 1 aliphatic rings. The Hall–Kier alpha value is -1.84. The first kappa shape index (κ1) is 12.6. The van der Waals surface area contributed by atoms with Crippen molar-refractivity contribution < 1.29 is 14.7 Å². The Labute approximate surface area is 106 Å². The van der Waals surface area contributed by atoms with Crippen LogP contribution in [0, 0.1) is 0 Å². The number of nitrogens with one attached hydrogen (secondary N) is 1. The molecule has 4 nitrogen and oxygen atoms in total. The average molecular weight is 247 g/mol. The van der Waals surface area contributed by atoms with Crippen LogP contribution in [0.5, 0.6) is 0 Å². The summed E-state index contributed by atoms with van der Waals surface area (Å²) in [6, 6.07) is 6.01. The van der Waals surface area contributed by atoms with E-state index in [2.05, 4.69) is 11.4 Å². The monoisotopic (exact) mass is 247 g/mol. The Bertz CT molecular complexity index is 468. The summed E-state index contributed by atoms with van der Waals surface area (Å²) < 4.78 is 0. The van der Waals surface area contributed by atoms with Crippen molar-refractivity contribution in [1.82, 2.24) is 0 Å². The van der Waals surface area contributed by atoms with Crippen molar-refractivity contribution in [2.24, 2.45) is 0 Å². The van der Waals surface area contributed by atoms with Crippen molar-refractivity contribution in [3.8, 4) is 0 Å². The highest BCUT2D eigenvalue weighted by Crippen LogP contribution is 2.24. The number of fused-ring (bicyclic) bond motifs is 1. The third-order valence-corrected chi connectivity index (χ3v) is 3.18. The van der Waals surface area contributed by atoms with Crippen LogP contribution in [-0.2, 0) is 22.4 Å². The molecular formula is C14H17NO3. The standard InChI is InChI=1S/C14H17NO3/c16-13(5-2-6-14(17)18)15-12-8-7-10-3-1-4-11(10)9-12/h7-9H,1-6H2,(H,15,16)(H,17,18). The molecule has 0 aromatic heterocycles. The van der Waals surface area contributed by atoms with Gasteiger partial charge in [-0.3, -0.25) is 9.59 Å². The van der Waals surface area contributed by atoms with Crippen molar-refractivity contribution in [2.45, 2.75) is 38.5 Å². The zero-order chi connectivity index (χ0) is 13.0. The molecule has 1 amide bonds. The van der Waals surface area contributed by atoms with E-state index in [-0.39, 0.29) is 18.7 Å². The van der Waals surface area contributed by atoms with E-state index in [1.165, 1.54) is 17.5 Å². The van der Waals surface area contributed by atoms with Gasteiger partial charge in [0.15, 0.2) is 0 Å². The molecule has 2 rings (SSSR count). The quantitative estimate of drug-likeness (QED) is 0.839. The van der Waals surface area contributed by atoms with Gasteiger partial charge in [-0.15, -0.1) is 0 Å². The van der Waals surface area contributed by atoms with Crippen LogP contribution in [0.1, 0.15) is 36.8 Å². The van der Waals surface area contributed by atoms with Gasteiger partial charge in [0.2, 0.25) is 5.91 Å². The molecule has 0 unspecified atom stereocenters. The SMILES string of the molecule is O=C(O)CCCC(=O)Nc1ccc2c(c1)CCC2. The van der Waals surface area contributed by atoms with E-state index in [9.17, 15) is 9.59 Å². The number of aliphatic carboxylic acids is 1. The minimum Gasteiger partial charge on any atom is -0.481 e. The summed E-state index contributed by atoms with van der Waals surface area (Å²) in [6.07, 6.45) is 4.07. The molecule has 0 saturated carbocycles. The number of aryl methyl sites for hydroxylation is 2. The van der Waals surface area contributed by atoms with Gasteiger partial charge in [0.1, 0.15) is 0 Å². The number of carbonyl (C=O) groups excluding carboxylic acids is 1. The maximum absolute atomic E-state index is 11.6. The lowest BCUT2D eigenvalue weighted by molar-refractivity contribution is -0.137. The molecule has 1 aromatic rings. The van der Waals surface area contributed by atoms with Crippen molar-refractivity contribution in [1.29, 1.82) is 0 Å². The lowest BCUT2D eigenvalue weighted by Gasteiger charge is -2.07. The average Bonchev–Trinajstić information content (AvgIpc) is 2.75. The molecule has 0 aliphatic heterocycles. The second-order valence-electron chi connectivity index (χ2n) is 4.63. The van der Waals surface area contributed by atoms with Crippen LogP contribution in [0.25, 0.3) is 0 Å². The molecule has 0 atom stereocenters. The van der Waals surface area contributed by atoms with Crippen LogP contribution in [0.15, 0.2) is 18.2 Å². The van der Waals surface area contributed by atoms with Crippen LogP contribution in [-0.4, -0.2) is 17.0 Å². The molecular weight excluding hydrogens is 230 g/mol. The summed E-state index contributed by atoms with van der Waals surface area (Å²) in [7, 11) is 0. The Morgan fingerprint density at radius 3 is 2.72 bits per heavy atom. The van der Waals surface area contributed by atoms with Crippen molar-refractivity contribution in [3.63, 3.8) is 0 Å². The van der Waals surface area contributed by atoms with E-state index in [1.807, 2.05) is 12.1 Å². The first-order valence-corrected chi connectivity index (χ1v) is 6.28. The normalized spacial score (nSPS) is 13.1. The Kier molecular flexibility index (Phi) is 3.97. The molecule has 1 aliphatic carbocycles. The van der Waals surface area contributed by atoms with Crippen molar-refractivity contribution in [2.75, 3.05) is 5.32 Å². The van der Waals surface area contributed by atoms with E-state index < -0.39 is 5.97 Å². The Morgan fingerprint density at radius 2 is 1.94 bits per heavy atom. The van der Waals surface area contributed by atoms with Crippen molar-refractivity contribution >= 4 is 17.6 Å². The molecule has 2 N–H and O–H groups in total. The van der Waals surface area contributed by atoms with Crippen LogP contribution >= 0.6 is 0 Å². The van der Waals surface area contributed by atoms with E-state index >= 15 is 0 Å². The van der Waals surface area contributed by atoms with Gasteiger partial charge in [0, 0.05) is 18.5 Å². The van der Waals surface area contributed by atoms with Gasteiger partial charge in [0.25, 0.3) is 0 Å². The fourth-order valence-electron chi connectivity index (χ4n) is 2.27. The molecule has 4 heteroatoms. The molecule has 0 saturated heterocycles. The zero-order valence-electron chi connectivity index (χ0n) is 10.2. The highest BCUT2D eigenvalue weighted by atomic mass is 16.4. The molecule has 0 heterocycles. The first-order chi connectivity index (χ1) is 8.65. The molecule has 0 bridgehead atoms. The highest BCUT2D eigenvalue weighted by molar-refractivity contribution is 5.91. The zero-order valence-corrected chi connectivity index (χ0v) is 10.2. The summed E-state index contributed by atoms with van der Waals surface area (Å²) in [5.41, 5.74) is 3.51. The minimum atomic E-state index is -0.861. The second kappa shape index (κ2) is 5.67. The third-order valence-electron chi connectivity index (χ3n) is 3.18. The number of carbonyl (C=O) groups is 2. The predicted octanol–water partition coefficient (Wildman–Crippen LogP) is 2.37. The molecule has 0 fully saturated rings. The van der Waals surface area contributed by atoms with Gasteiger partial charge >= 0.3 is 5.97 Å². The van der Waals surface area contributed by atoms with E-state index in [4.69, 9.17) is 5.11 Å². The van der Waals surface area contributed by atoms with Crippen LogP contribution in [0.2, 0.25) is 0 Å². The van der Waals surface area contributed by atoms with E-state index in [0.29, 0.717) is 6.42 Å². The number of anilines is 1. The lowest BCUT2D eigenvalue weighted by atomic mass is 10.1. The third kappa shape index (κ3) is 3.32. The number of benzene rings is 1. The largest absolute Gasteiger partial charge is 0.481 e. The number of carboxylic acids is 1. The van der Waals surface area contributed by atoms with Gasteiger partial charge in [-0.05, 0) is 48.9 Å². The number of hydrogen-bond donors (Lipinski definition) is 2. The Morgan fingerprint density at radius 1 is 1.17 bits per heavy atom. The van der Waals surface area contributed by atoms with Crippen molar-refractivity contribution in [3.05, 3.63) is 29.3 Å². The maximum Gasteiger partial charge on any atom is 0.303 e.